The molecule has 0 aliphatic rings. The first-order valence-electron chi connectivity index (χ1n) is 6.08. The minimum Gasteiger partial charge on any atom is -0.293 e. The van der Waals surface area contributed by atoms with Crippen molar-refractivity contribution in [3.05, 3.63) is 29.3 Å². The van der Waals surface area contributed by atoms with Crippen molar-refractivity contribution in [3.63, 3.8) is 0 Å². The third-order valence-electron chi connectivity index (χ3n) is 2.74. The molecule has 0 bridgehead atoms. The molecule has 3 N–H and O–H groups in total. The molecule has 0 atom stereocenters. The molecule has 0 spiro atoms. The van der Waals surface area contributed by atoms with Crippen LogP contribution in [0.4, 0.5) is 26.3 Å². The fourth-order valence-corrected chi connectivity index (χ4v) is 1.68. The van der Waals surface area contributed by atoms with E-state index in [1.807, 2.05) is 0 Å². The Morgan fingerprint density at radius 2 is 1.62 bits per heavy atom. The average Bonchev–Trinajstić information content (AvgIpc) is 2.93. The van der Waals surface area contributed by atoms with Crippen molar-refractivity contribution in [2.75, 3.05) is 0 Å². The smallest absolute Gasteiger partial charge is 0.293 e. The Balaban J connectivity index is 2.48. The summed E-state index contributed by atoms with van der Waals surface area (Å²) in [6.07, 6.45) is -9.99. The monoisotopic (exact) mass is 354 g/mol. The zero-order valence-corrected chi connectivity index (χ0v) is 11.5. The summed E-state index contributed by atoms with van der Waals surface area (Å²) in [6, 6.07) is 0.898. The molecular weight excluding hydrogens is 346 g/mol. The maximum absolute atomic E-state index is 12.8. The number of halogens is 6. The lowest BCUT2D eigenvalue weighted by atomic mass is 10.0. The maximum Gasteiger partial charge on any atom is 0.416 e. The van der Waals surface area contributed by atoms with Crippen LogP contribution in [-0.2, 0) is 23.7 Å². The van der Waals surface area contributed by atoms with Crippen LogP contribution in [0.2, 0.25) is 0 Å². The third-order valence-corrected chi connectivity index (χ3v) is 2.74. The fraction of sp³-hybridized carbons (Fsp3) is 0.273. The third kappa shape index (κ3) is 3.98. The number of amides is 1. The summed E-state index contributed by atoms with van der Waals surface area (Å²) in [5, 5.41) is 10.3. The van der Waals surface area contributed by atoms with Gasteiger partial charge in [-0.2, -0.15) is 31.1 Å². The van der Waals surface area contributed by atoms with Crippen LogP contribution in [0.25, 0.3) is 11.4 Å². The lowest BCUT2D eigenvalue weighted by molar-refractivity contribution is -0.143. The molecule has 0 fully saturated rings. The lowest BCUT2D eigenvalue weighted by Gasteiger charge is -2.12. The summed E-state index contributed by atoms with van der Waals surface area (Å²) in [6.45, 7) is -0.505. The minimum absolute atomic E-state index is 0.0181. The van der Waals surface area contributed by atoms with Gasteiger partial charge < -0.3 is 0 Å². The van der Waals surface area contributed by atoms with Crippen molar-refractivity contribution in [2.45, 2.75) is 18.9 Å². The second kappa shape index (κ2) is 6.07. The van der Waals surface area contributed by atoms with Crippen molar-refractivity contribution < 1.29 is 31.1 Å². The molecule has 0 saturated carbocycles. The number of hydrazine groups is 1. The van der Waals surface area contributed by atoms with E-state index in [0.29, 0.717) is 16.9 Å². The molecule has 0 radical (unpaired) electrons. The Morgan fingerprint density at radius 3 is 2.08 bits per heavy atom. The first kappa shape index (κ1) is 17.7. The SMILES string of the molecule is NNC(=O)Cn1nnc(-c2cc(C(F)(F)F)cc(C(F)(F)F)c2)n1. The number of nitrogens with zero attached hydrogens (tertiary/aromatic N) is 4. The van der Waals surface area contributed by atoms with Gasteiger partial charge in [-0.3, -0.25) is 10.2 Å². The Kier molecular flexibility index (Phi) is 4.46. The van der Waals surface area contributed by atoms with E-state index >= 15 is 0 Å². The van der Waals surface area contributed by atoms with Crippen LogP contribution in [0.15, 0.2) is 18.2 Å². The molecule has 0 unspecified atom stereocenters. The van der Waals surface area contributed by atoms with Gasteiger partial charge in [0.25, 0.3) is 5.91 Å². The summed E-state index contributed by atoms with van der Waals surface area (Å²) in [4.78, 5) is 11.7. The lowest BCUT2D eigenvalue weighted by Crippen LogP contribution is -2.33. The number of carbonyl (C=O) groups excluding carboxylic acids is 1. The average molecular weight is 354 g/mol. The standard InChI is InChI=1S/C11H8F6N6O/c12-10(13,14)6-1-5(2-7(3-6)11(15,16)17)9-20-22-23(21-9)4-8(24)19-18/h1-3H,4,18H2,(H,19,24). The fourth-order valence-electron chi connectivity index (χ4n) is 1.68. The number of alkyl halides is 6. The van der Waals surface area contributed by atoms with E-state index in [4.69, 9.17) is 5.84 Å². The van der Waals surface area contributed by atoms with Gasteiger partial charge in [0.2, 0.25) is 5.82 Å². The number of aromatic nitrogens is 4. The summed E-state index contributed by atoms with van der Waals surface area (Å²) in [5.41, 5.74) is -1.81. The van der Waals surface area contributed by atoms with Gasteiger partial charge in [-0.15, -0.1) is 10.2 Å². The number of tetrazole rings is 1. The van der Waals surface area contributed by atoms with Gasteiger partial charge in [0, 0.05) is 5.56 Å². The van der Waals surface area contributed by atoms with Gasteiger partial charge in [-0.25, -0.2) is 5.84 Å². The van der Waals surface area contributed by atoms with Crippen LogP contribution in [-0.4, -0.2) is 26.1 Å². The predicted octanol–water partition coefficient (Wildman–Crippen LogP) is 1.37. The summed E-state index contributed by atoms with van der Waals surface area (Å²) >= 11 is 0. The van der Waals surface area contributed by atoms with E-state index in [2.05, 4.69) is 15.4 Å². The van der Waals surface area contributed by atoms with Gasteiger partial charge >= 0.3 is 12.4 Å². The van der Waals surface area contributed by atoms with E-state index < -0.39 is 47.3 Å². The molecular formula is C11H8F6N6O. The van der Waals surface area contributed by atoms with E-state index in [0.717, 1.165) is 0 Å². The predicted molar refractivity (Wildman–Crippen MR) is 65.6 cm³/mol. The van der Waals surface area contributed by atoms with E-state index in [9.17, 15) is 31.1 Å². The highest BCUT2D eigenvalue weighted by Gasteiger charge is 2.37. The normalized spacial score (nSPS) is 12.3. The number of hydrogen-bond acceptors (Lipinski definition) is 5. The number of nitrogens with one attached hydrogen (secondary N) is 1. The Bertz CT molecular complexity index is 720. The molecule has 0 saturated heterocycles. The first-order chi connectivity index (χ1) is 11.0. The highest BCUT2D eigenvalue weighted by Crippen LogP contribution is 2.37. The number of rotatable bonds is 3. The van der Waals surface area contributed by atoms with Crippen molar-refractivity contribution in [3.8, 4) is 11.4 Å². The Hall–Kier alpha value is -2.70. The second-order valence-electron chi connectivity index (χ2n) is 4.51. The highest BCUT2D eigenvalue weighted by molar-refractivity contribution is 5.74. The Labute approximate surface area is 129 Å². The number of nitrogens with two attached hydrogens (primary N) is 1. The maximum atomic E-state index is 12.8. The molecule has 0 aliphatic carbocycles. The van der Waals surface area contributed by atoms with Crippen molar-refractivity contribution in [1.29, 1.82) is 0 Å². The quantitative estimate of drug-likeness (QED) is 0.375. The summed E-state index contributed by atoms with van der Waals surface area (Å²) < 4.78 is 76.7. The molecule has 1 aromatic heterocycles. The number of carbonyl (C=O) groups is 1. The van der Waals surface area contributed by atoms with Crippen molar-refractivity contribution >= 4 is 5.91 Å². The van der Waals surface area contributed by atoms with Crippen LogP contribution >= 0.6 is 0 Å². The molecule has 13 heteroatoms. The molecule has 2 rings (SSSR count). The van der Waals surface area contributed by atoms with Crippen LogP contribution in [0, 0.1) is 0 Å². The van der Waals surface area contributed by atoms with Crippen LogP contribution in [0.1, 0.15) is 11.1 Å². The van der Waals surface area contributed by atoms with Gasteiger partial charge in [0.1, 0.15) is 6.54 Å². The van der Waals surface area contributed by atoms with Gasteiger partial charge in [-0.05, 0) is 23.4 Å². The topological polar surface area (TPSA) is 98.7 Å². The molecule has 1 amide bonds. The summed E-state index contributed by atoms with van der Waals surface area (Å²) in [5.74, 6) is 3.59. The first-order valence-corrected chi connectivity index (χ1v) is 6.08. The van der Waals surface area contributed by atoms with Gasteiger partial charge in [0.05, 0.1) is 11.1 Å². The van der Waals surface area contributed by atoms with E-state index in [1.165, 1.54) is 0 Å². The molecule has 24 heavy (non-hydrogen) atoms. The van der Waals surface area contributed by atoms with Crippen LogP contribution in [0.5, 0.6) is 0 Å². The summed E-state index contributed by atoms with van der Waals surface area (Å²) in [7, 11) is 0. The molecule has 7 nitrogen and oxygen atoms in total. The van der Waals surface area contributed by atoms with E-state index in [1.54, 1.807) is 5.43 Å². The number of hydrogen-bond donors (Lipinski definition) is 2. The van der Waals surface area contributed by atoms with Crippen LogP contribution < -0.4 is 11.3 Å². The van der Waals surface area contributed by atoms with Crippen molar-refractivity contribution in [2.24, 2.45) is 5.84 Å². The van der Waals surface area contributed by atoms with Crippen molar-refractivity contribution in [1.82, 2.24) is 25.6 Å². The molecule has 1 aromatic carbocycles. The largest absolute Gasteiger partial charge is 0.416 e. The van der Waals surface area contributed by atoms with E-state index in [-0.39, 0.29) is 6.07 Å². The highest BCUT2D eigenvalue weighted by atomic mass is 19.4. The molecule has 130 valence electrons. The van der Waals surface area contributed by atoms with Gasteiger partial charge in [-0.1, -0.05) is 0 Å². The molecule has 2 aromatic rings. The molecule has 0 aliphatic heterocycles. The van der Waals surface area contributed by atoms with Crippen LogP contribution in [0.3, 0.4) is 0 Å². The zero-order valence-electron chi connectivity index (χ0n) is 11.5. The molecule has 1 heterocycles. The Morgan fingerprint density at radius 1 is 1.08 bits per heavy atom. The second-order valence-corrected chi connectivity index (χ2v) is 4.51. The number of benzene rings is 1. The zero-order chi connectivity index (χ0) is 18.1. The van der Waals surface area contributed by atoms with Gasteiger partial charge in [0.15, 0.2) is 0 Å². The minimum atomic E-state index is -4.99.